The molecule has 0 amide bonds. The van der Waals surface area contributed by atoms with Crippen LogP contribution in [0, 0.1) is 12.8 Å². The van der Waals surface area contributed by atoms with E-state index in [1.54, 1.807) is 26.0 Å². The highest BCUT2D eigenvalue weighted by atomic mass is 32.2. The summed E-state index contributed by atoms with van der Waals surface area (Å²) in [6, 6.07) is 8.30. The second-order valence-corrected chi connectivity index (χ2v) is 8.74. The number of methoxy groups -OCH3 is 2. The van der Waals surface area contributed by atoms with Crippen molar-refractivity contribution in [2.45, 2.75) is 38.1 Å². The Kier molecular flexibility index (Phi) is 6.14. The lowest BCUT2D eigenvalue weighted by atomic mass is 9.85. The van der Waals surface area contributed by atoms with E-state index < -0.39 is 0 Å². The quantitative estimate of drug-likeness (QED) is 0.435. The smallest absolute Gasteiger partial charge is 0.147 e. The van der Waals surface area contributed by atoms with Crippen LogP contribution in [0.1, 0.15) is 31.7 Å². The van der Waals surface area contributed by atoms with Crippen molar-refractivity contribution in [1.82, 2.24) is 9.38 Å². The highest BCUT2D eigenvalue weighted by molar-refractivity contribution is 7.98. The van der Waals surface area contributed by atoms with E-state index in [1.807, 2.05) is 0 Å². The van der Waals surface area contributed by atoms with Crippen LogP contribution in [0.4, 0.5) is 5.82 Å². The molecule has 0 atom stereocenters. The van der Waals surface area contributed by atoms with Gasteiger partial charge in [-0.3, -0.25) is 4.40 Å². The van der Waals surface area contributed by atoms with Crippen LogP contribution in [-0.4, -0.2) is 42.9 Å². The minimum atomic E-state index is 0.797. The fraction of sp³-hybridized carbons (Fsp3) is 0.458. The summed E-state index contributed by atoms with van der Waals surface area (Å²) in [5, 5.41) is 1.06. The summed E-state index contributed by atoms with van der Waals surface area (Å²) in [7, 11) is 3.42. The van der Waals surface area contributed by atoms with Gasteiger partial charge in [-0.25, -0.2) is 4.98 Å². The summed E-state index contributed by atoms with van der Waals surface area (Å²) in [6.07, 6.45) is 8.27. The number of imidazole rings is 1. The molecule has 0 spiro atoms. The van der Waals surface area contributed by atoms with Crippen LogP contribution in [0.25, 0.3) is 16.8 Å². The van der Waals surface area contributed by atoms with Crippen molar-refractivity contribution in [3.63, 3.8) is 0 Å². The van der Waals surface area contributed by atoms with Gasteiger partial charge in [0.1, 0.15) is 28.0 Å². The number of ether oxygens (including phenoxy) is 2. The zero-order valence-electron chi connectivity index (χ0n) is 18.6. The molecule has 1 aliphatic rings. The molecule has 30 heavy (non-hydrogen) atoms. The third kappa shape index (κ3) is 3.62. The van der Waals surface area contributed by atoms with Gasteiger partial charge < -0.3 is 14.4 Å². The Balaban J connectivity index is 1.91. The summed E-state index contributed by atoms with van der Waals surface area (Å²) in [5.41, 5.74) is 4.00. The SMILES string of the molecule is CCN(CC1CCC1)c1c(SC)nc2c(-c3c(OC)cc(C)cc3OC)cccn12. The minimum absolute atomic E-state index is 0.797. The number of benzene rings is 1. The summed E-state index contributed by atoms with van der Waals surface area (Å²) >= 11 is 1.71. The van der Waals surface area contributed by atoms with E-state index in [-0.39, 0.29) is 0 Å². The lowest BCUT2D eigenvalue weighted by molar-refractivity contribution is 0.317. The molecule has 6 heteroatoms. The van der Waals surface area contributed by atoms with Crippen molar-refractivity contribution in [2.75, 3.05) is 38.5 Å². The van der Waals surface area contributed by atoms with E-state index in [0.717, 1.165) is 57.9 Å². The highest BCUT2D eigenvalue weighted by Crippen LogP contribution is 2.43. The molecule has 160 valence electrons. The van der Waals surface area contributed by atoms with Gasteiger partial charge in [-0.1, -0.05) is 6.42 Å². The number of aryl methyl sites for hydroxylation is 1. The van der Waals surface area contributed by atoms with Gasteiger partial charge in [-0.15, -0.1) is 11.8 Å². The van der Waals surface area contributed by atoms with Gasteiger partial charge in [0.25, 0.3) is 0 Å². The largest absolute Gasteiger partial charge is 0.496 e. The second-order valence-electron chi connectivity index (χ2n) is 7.94. The van der Waals surface area contributed by atoms with Gasteiger partial charge in [-0.05, 0) is 68.7 Å². The molecule has 1 fully saturated rings. The molecule has 2 heterocycles. The first kappa shape index (κ1) is 20.9. The summed E-state index contributed by atoms with van der Waals surface area (Å²) < 4.78 is 13.7. The average Bonchev–Trinajstić information content (AvgIpc) is 3.11. The zero-order valence-corrected chi connectivity index (χ0v) is 19.4. The third-order valence-corrected chi connectivity index (χ3v) is 6.75. The molecule has 0 unspecified atom stereocenters. The van der Waals surface area contributed by atoms with Crippen molar-refractivity contribution in [2.24, 2.45) is 5.92 Å². The van der Waals surface area contributed by atoms with Crippen LogP contribution in [-0.2, 0) is 0 Å². The number of hydrogen-bond acceptors (Lipinski definition) is 5. The number of nitrogens with zero attached hydrogens (tertiary/aromatic N) is 3. The van der Waals surface area contributed by atoms with Crippen LogP contribution in [0.15, 0.2) is 35.5 Å². The number of aromatic nitrogens is 2. The Labute approximate surface area is 183 Å². The molecule has 1 aromatic carbocycles. The molecule has 2 aromatic heterocycles. The Morgan fingerprint density at radius 3 is 2.43 bits per heavy atom. The molecular formula is C24H31N3O2S. The molecule has 0 bridgehead atoms. The maximum atomic E-state index is 5.75. The predicted octanol–water partition coefficient (Wildman–Crippen LogP) is 5.68. The first-order valence-corrected chi connectivity index (χ1v) is 11.9. The fourth-order valence-corrected chi connectivity index (χ4v) is 4.90. The van der Waals surface area contributed by atoms with Crippen molar-refractivity contribution in [1.29, 1.82) is 0 Å². The molecule has 4 rings (SSSR count). The van der Waals surface area contributed by atoms with Gasteiger partial charge in [0.15, 0.2) is 0 Å². The van der Waals surface area contributed by atoms with E-state index in [4.69, 9.17) is 14.5 Å². The molecule has 0 radical (unpaired) electrons. The highest BCUT2D eigenvalue weighted by Gasteiger charge is 2.26. The molecule has 1 aliphatic carbocycles. The molecule has 0 N–H and O–H groups in total. The lowest BCUT2D eigenvalue weighted by Crippen LogP contribution is -2.33. The maximum Gasteiger partial charge on any atom is 0.147 e. The van der Waals surface area contributed by atoms with E-state index >= 15 is 0 Å². The predicted molar refractivity (Wildman–Crippen MR) is 125 cm³/mol. The summed E-state index contributed by atoms with van der Waals surface area (Å²) in [6.45, 7) is 6.35. The average molecular weight is 426 g/mol. The number of pyridine rings is 1. The van der Waals surface area contributed by atoms with Gasteiger partial charge in [-0.2, -0.15) is 0 Å². The molecular weight excluding hydrogens is 394 g/mol. The molecule has 5 nitrogen and oxygen atoms in total. The minimum Gasteiger partial charge on any atom is -0.496 e. The number of rotatable bonds is 8. The van der Waals surface area contributed by atoms with Crippen molar-refractivity contribution in [3.05, 3.63) is 36.0 Å². The number of hydrogen-bond donors (Lipinski definition) is 0. The Bertz CT molecular complexity index is 1020. The zero-order chi connectivity index (χ0) is 21.3. The monoisotopic (exact) mass is 425 g/mol. The standard InChI is InChI=1S/C24H31N3O2S/c1-6-26(15-17-9-7-10-17)24-23(30-5)25-22-18(11-8-12-27(22)24)21-19(28-3)13-16(2)14-20(21)29-4/h8,11-14,17H,6-7,9-10,15H2,1-5H3. The Morgan fingerprint density at radius 1 is 1.20 bits per heavy atom. The van der Waals surface area contributed by atoms with Gasteiger partial charge >= 0.3 is 0 Å². The topological polar surface area (TPSA) is 39.0 Å². The van der Waals surface area contributed by atoms with Crippen LogP contribution >= 0.6 is 11.8 Å². The number of fused-ring (bicyclic) bond motifs is 1. The normalized spacial score (nSPS) is 14.0. The number of thioether (sulfide) groups is 1. The van der Waals surface area contributed by atoms with E-state index in [0.29, 0.717) is 0 Å². The lowest BCUT2D eigenvalue weighted by Gasteiger charge is -2.33. The van der Waals surface area contributed by atoms with Crippen molar-refractivity contribution in [3.8, 4) is 22.6 Å². The summed E-state index contributed by atoms with van der Waals surface area (Å²) in [4.78, 5) is 7.56. The Hall–Kier alpha value is -2.34. The first-order chi connectivity index (χ1) is 14.6. The van der Waals surface area contributed by atoms with Crippen molar-refractivity contribution < 1.29 is 9.47 Å². The summed E-state index contributed by atoms with van der Waals surface area (Å²) in [5.74, 6) is 3.60. The Morgan fingerprint density at radius 2 is 1.90 bits per heavy atom. The third-order valence-electron chi connectivity index (χ3n) is 6.09. The first-order valence-electron chi connectivity index (χ1n) is 10.6. The van der Waals surface area contributed by atoms with Crippen LogP contribution in [0.5, 0.6) is 11.5 Å². The fourth-order valence-electron chi connectivity index (χ4n) is 4.31. The molecule has 0 saturated heterocycles. The van der Waals surface area contributed by atoms with E-state index in [1.165, 1.54) is 25.1 Å². The second kappa shape index (κ2) is 8.80. The van der Waals surface area contributed by atoms with Crippen LogP contribution < -0.4 is 14.4 Å². The van der Waals surface area contributed by atoms with E-state index in [2.05, 4.69) is 59.9 Å². The van der Waals surface area contributed by atoms with E-state index in [9.17, 15) is 0 Å². The van der Waals surface area contributed by atoms with Gasteiger partial charge in [0.05, 0.1) is 19.8 Å². The van der Waals surface area contributed by atoms with Gasteiger partial charge in [0.2, 0.25) is 0 Å². The van der Waals surface area contributed by atoms with Crippen LogP contribution in [0.2, 0.25) is 0 Å². The van der Waals surface area contributed by atoms with Gasteiger partial charge in [0, 0.05) is 24.8 Å². The molecule has 1 saturated carbocycles. The molecule has 0 aliphatic heterocycles. The maximum absolute atomic E-state index is 5.75. The molecule has 3 aromatic rings. The van der Waals surface area contributed by atoms with Crippen molar-refractivity contribution >= 4 is 23.2 Å². The number of anilines is 1. The van der Waals surface area contributed by atoms with Crippen LogP contribution in [0.3, 0.4) is 0 Å².